The zero-order chi connectivity index (χ0) is 17.9. The van der Waals surface area contributed by atoms with Crippen LogP contribution in [0.2, 0.25) is 0 Å². The molecule has 1 aromatic carbocycles. The number of hydrogen-bond acceptors (Lipinski definition) is 3. The molecule has 0 aromatic heterocycles. The molecule has 2 aliphatic heterocycles. The smallest absolute Gasteiger partial charge is 0.317 e. The van der Waals surface area contributed by atoms with Crippen molar-refractivity contribution in [2.75, 3.05) is 44.7 Å². The van der Waals surface area contributed by atoms with Crippen LogP contribution in [0.1, 0.15) is 32.1 Å². The third kappa shape index (κ3) is 4.14. The molecule has 2 saturated heterocycles. The highest BCUT2D eigenvalue weighted by atomic mass is 16.2. The van der Waals surface area contributed by atoms with Gasteiger partial charge in [0.1, 0.15) is 0 Å². The van der Waals surface area contributed by atoms with Crippen molar-refractivity contribution < 1.29 is 4.79 Å². The first-order valence-corrected chi connectivity index (χ1v) is 10.3. The van der Waals surface area contributed by atoms with Crippen molar-refractivity contribution in [1.29, 1.82) is 0 Å². The summed E-state index contributed by atoms with van der Waals surface area (Å²) in [4.78, 5) is 19.5. The minimum absolute atomic E-state index is 0.135. The second kappa shape index (κ2) is 7.87. The molecule has 0 bridgehead atoms. The van der Waals surface area contributed by atoms with E-state index in [1.807, 2.05) is 4.90 Å². The number of likely N-dealkylation sites (tertiary alicyclic amines) is 2. The van der Waals surface area contributed by atoms with Crippen LogP contribution in [0.5, 0.6) is 0 Å². The zero-order valence-electron chi connectivity index (χ0n) is 15.9. The first-order chi connectivity index (χ1) is 12.7. The highest BCUT2D eigenvalue weighted by Crippen LogP contribution is 2.31. The molecular weight excluding hydrogens is 324 g/mol. The maximum absolute atomic E-state index is 12.5. The molecule has 3 aliphatic rings. The number of carbonyl (C=O) groups is 1. The quantitative estimate of drug-likeness (QED) is 0.882. The third-order valence-electron chi connectivity index (χ3n) is 6.39. The van der Waals surface area contributed by atoms with E-state index < -0.39 is 0 Å². The number of nitrogens with zero attached hydrogens (tertiary/aromatic N) is 3. The normalized spacial score (nSPS) is 24.7. The van der Waals surface area contributed by atoms with Crippen LogP contribution >= 0.6 is 0 Å². The van der Waals surface area contributed by atoms with Gasteiger partial charge in [-0.25, -0.2) is 4.79 Å². The lowest BCUT2D eigenvalue weighted by molar-refractivity contribution is 0.179. The van der Waals surface area contributed by atoms with E-state index in [1.165, 1.54) is 38.0 Å². The minimum Gasteiger partial charge on any atom is -0.371 e. The first kappa shape index (κ1) is 17.7. The number of para-hydroxylation sites is 1. The van der Waals surface area contributed by atoms with Crippen LogP contribution in [0.4, 0.5) is 10.5 Å². The lowest BCUT2D eigenvalue weighted by Gasteiger charge is -2.38. The zero-order valence-corrected chi connectivity index (χ0v) is 15.9. The molecule has 1 saturated carbocycles. The van der Waals surface area contributed by atoms with Crippen LogP contribution < -0.4 is 10.2 Å². The Kier molecular flexibility index (Phi) is 5.34. The van der Waals surface area contributed by atoms with Crippen molar-refractivity contribution in [1.82, 2.24) is 15.1 Å². The van der Waals surface area contributed by atoms with E-state index in [0.29, 0.717) is 12.0 Å². The number of urea groups is 1. The summed E-state index contributed by atoms with van der Waals surface area (Å²) in [5, 5.41) is 3.20. The molecule has 1 unspecified atom stereocenters. The average molecular weight is 357 g/mol. The van der Waals surface area contributed by atoms with Crippen molar-refractivity contribution in [2.24, 2.45) is 5.92 Å². The number of anilines is 1. The fourth-order valence-electron chi connectivity index (χ4n) is 4.47. The molecule has 5 nitrogen and oxygen atoms in total. The van der Waals surface area contributed by atoms with Gasteiger partial charge in [0, 0.05) is 51.0 Å². The van der Waals surface area contributed by atoms with Crippen LogP contribution in [0.25, 0.3) is 0 Å². The predicted octanol–water partition coefficient (Wildman–Crippen LogP) is 2.78. The molecule has 1 atom stereocenters. The molecule has 2 amide bonds. The van der Waals surface area contributed by atoms with Gasteiger partial charge in [-0.3, -0.25) is 0 Å². The van der Waals surface area contributed by atoms with E-state index in [4.69, 9.17) is 0 Å². The molecular formula is C21H32N4O. The second-order valence-electron chi connectivity index (χ2n) is 8.23. The maximum Gasteiger partial charge on any atom is 0.317 e. The standard InChI is InChI=1S/C21H32N4O/c1-23(18-5-3-2-4-6-18)19-10-13-24(14-11-19)21(26)22-15-17-9-12-25(16-17)20-7-8-20/h2-6,17,19-20H,7-16H2,1H3,(H,22,26). The van der Waals surface area contributed by atoms with Crippen molar-refractivity contribution >= 4 is 11.7 Å². The Labute approximate surface area is 157 Å². The van der Waals surface area contributed by atoms with Crippen LogP contribution in [0, 0.1) is 5.92 Å². The molecule has 0 spiro atoms. The predicted molar refractivity (Wildman–Crippen MR) is 106 cm³/mol. The Morgan fingerprint density at radius 2 is 1.81 bits per heavy atom. The van der Waals surface area contributed by atoms with Crippen molar-refractivity contribution in [2.45, 2.75) is 44.2 Å². The highest BCUT2D eigenvalue weighted by Gasteiger charge is 2.34. The number of carbonyl (C=O) groups excluding carboxylic acids is 1. The fourth-order valence-corrected chi connectivity index (χ4v) is 4.47. The summed E-state index contributed by atoms with van der Waals surface area (Å²) in [6, 6.07) is 12.1. The van der Waals surface area contributed by atoms with E-state index in [9.17, 15) is 4.79 Å². The monoisotopic (exact) mass is 356 g/mol. The summed E-state index contributed by atoms with van der Waals surface area (Å²) in [7, 11) is 2.17. The van der Waals surface area contributed by atoms with Crippen LogP contribution in [-0.4, -0.2) is 67.7 Å². The summed E-state index contributed by atoms with van der Waals surface area (Å²) in [5.41, 5.74) is 1.26. The average Bonchev–Trinajstić information content (AvgIpc) is 3.44. The Hall–Kier alpha value is -1.75. The van der Waals surface area contributed by atoms with E-state index in [-0.39, 0.29) is 6.03 Å². The fraction of sp³-hybridized carbons (Fsp3) is 0.667. The van der Waals surface area contributed by atoms with E-state index in [2.05, 4.69) is 52.5 Å². The molecule has 3 fully saturated rings. The van der Waals surface area contributed by atoms with Crippen molar-refractivity contribution in [3.8, 4) is 0 Å². The van der Waals surface area contributed by atoms with E-state index in [1.54, 1.807) is 0 Å². The van der Waals surface area contributed by atoms with Gasteiger partial charge in [-0.15, -0.1) is 0 Å². The molecule has 1 N–H and O–H groups in total. The van der Waals surface area contributed by atoms with Gasteiger partial charge < -0.3 is 20.0 Å². The molecule has 0 radical (unpaired) electrons. The number of benzene rings is 1. The van der Waals surface area contributed by atoms with Gasteiger partial charge in [0.15, 0.2) is 0 Å². The summed E-state index contributed by atoms with van der Waals surface area (Å²) in [5.74, 6) is 0.640. The molecule has 1 aromatic rings. The molecule has 26 heavy (non-hydrogen) atoms. The third-order valence-corrected chi connectivity index (χ3v) is 6.39. The van der Waals surface area contributed by atoms with Gasteiger partial charge in [-0.2, -0.15) is 0 Å². The van der Waals surface area contributed by atoms with Crippen LogP contribution in [-0.2, 0) is 0 Å². The van der Waals surface area contributed by atoms with Crippen molar-refractivity contribution in [3.05, 3.63) is 30.3 Å². The second-order valence-corrected chi connectivity index (χ2v) is 8.23. The van der Waals surface area contributed by atoms with Gasteiger partial charge in [0.2, 0.25) is 0 Å². The molecule has 4 rings (SSSR count). The van der Waals surface area contributed by atoms with Crippen molar-refractivity contribution in [3.63, 3.8) is 0 Å². The van der Waals surface area contributed by atoms with Gasteiger partial charge >= 0.3 is 6.03 Å². The molecule has 1 aliphatic carbocycles. The molecule has 5 heteroatoms. The van der Waals surface area contributed by atoms with Gasteiger partial charge in [-0.1, -0.05) is 18.2 Å². The number of piperidine rings is 1. The highest BCUT2D eigenvalue weighted by molar-refractivity contribution is 5.74. The topological polar surface area (TPSA) is 38.8 Å². The van der Waals surface area contributed by atoms with E-state index >= 15 is 0 Å². The summed E-state index contributed by atoms with van der Waals surface area (Å²) < 4.78 is 0. The maximum atomic E-state index is 12.5. The van der Waals surface area contributed by atoms with E-state index in [0.717, 1.165) is 38.5 Å². The largest absolute Gasteiger partial charge is 0.371 e. The number of nitrogens with one attached hydrogen (secondary N) is 1. The summed E-state index contributed by atoms with van der Waals surface area (Å²) in [6.45, 7) is 4.95. The first-order valence-electron chi connectivity index (χ1n) is 10.3. The lowest BCUT2D eigenvalue weighted by Crippen LogP contribution is -2.49. The Balaban J connectivity index is 1.19. The SMILES string of the molecule is CN(c1ccccc1)C1CCN(C(=O)NCC2CCN(C3CC3)C2)CC1. The Morgan fingerprint density at radius 3 is 2.50 bits per heavy atom. The number of hydrogen-bond donors (Lipinski definition) is 1. The van der Waals surface area contributed by atoms with Crippen LogP contribution in [0.3, 0.4) is 0 Å². The number of rotatable bonds is 5. The Morgan fingerprint density at radius 1 is 1.08 bits per heavy atom. The molecule has 142 valence electrons. The number of amides is 2. The lowest BCUT2D eigenvalue weighted by atomic mass is 10.0. The minimum atomic E-state index is 0.135. The van der Waals surface area contributed by atoms with Gasteiger partial charge in [0.05, 0.1) is 0 Å². The van der Waals surface area contributed by atoms with Gasteiger partial charge in [-0.05, 0) is 56.7 Å². The van der Waals surface area contributed by atoms with Crippen LogP contribution in [0.15, 0.2) is 30.3 Å². The summed E-state index contributed by atoms with van der Waals surface area (Å²) >= 11 is 0. The summed E-state index contributed by atoms with van der Waals surface area (Å²) in [6.07, 6.45) is 6.08. The van der Waals surface area contributed by atoms with Gasteiger partial charge in [0.25, 0.3) is 0 Å². The molecule has 2 heterocycles. The Bertz CT molecular complexity index is 595.